The van der Waals surface area contributed by atoms with E-state index in [1.807, 2.05) is 0 Å². The Labute approximate surface area is 81.8 Å². The molecule has 5 heteroatoms. The van der Waals surface area contributed by atoms with Crippen molar-refractivity contribution in [3.8, 4) is 0 Å². The zero-order chi connectivity index (χ0) is 10.6. The minimum atomic E-state index is -0.418. The number of hydrogen-bond donors (Lipinski definition) is 1. The third-order valence-electron chi connectivity index (χ3n) is 1.87. The summed E-state index contributed by atoms with van der Waals surface area (Å²) in [6, 6.07) is 4.65. The van der Waals surface area contributed by atoms with E-state index in [0.29, 0.717) is 6.61 Å². The number of nitrogens with one attached hydrogen (secondary N) is 1. The highest BCUT2D eigenvalue weighted by Gasteiger charge is 2.09. The van der Waals surface area contributed by atoms with Crippen LogP contribution in [0.3, 0.4) is 0 Å². The summed E-state index contributed by atoms with van der Waals surface area (Å²) in [5.41, 5.74) is 1.71. The zero-order valence-electron chi connectivity index (χ0n) is 8.11. The molecule has 0 saturated carbocycles. The quantitative estimate of drug-likeness (QED) is 0.589. The van der Waals surface area contributed by atoms with Gasteiger partial charge in [-0.15, -0.1) is 0 Å². The lowest BCUT2D eigenvalue weighted by atomic mass is 10.1. The minimum Gasteiger partial charge on any atom is -0.388 e. The molecule has 0 spiro atoms. The van der Waals surface area contributed by atoms with Crippen LogP contribution < -0.4 is 5.32 Å². The molecule has 1 rings (SSSR count). The fourth-order valence-electron chi connectivity index (χ4n) is 1.21. The monoisotopic (exact) mass is 196 g/mol. The molecule has 0 aliphatic carbocycles. The first-order chi connectivity index (χ1) is 6.69. The second-order valence-electron chi connectivity index (χ2n) is 2.78. The van der Waals surface area contributed by atoms with Gasteiger partial charge in [-0.3, -0.25) is 10.1 Å². The molecule has 0 unspecified atom stereocenters. The van der Waals surface area contributed by atoms with Crippen LogP contribution in [0.2, 0.25) is 0 Å². The van der Waals surface area contributed by atoms with Crippen molar-refractivity contribution in [2.45, 2.75) is 6.61 Å². The fourth-order valence-corrected chi connectivity index (χ4v) is 1.21. The first kappa shape index (κ1) is 10.5. The van der Waals surface area contributed by atoms with Gasteiger partial charge in [-0.25, -0.2) is 0 Å². The highest BCUT2D eigenvalue weighted by molar-refractivity contribution is 5.55. The number of rotatable bonds is 4. The Balaban J connectivity index is 3.07. The number of nitro benzene ring substituents is 1. The van der Waals surface area contributed by atoms with Crippen LogP contribution in [0.25, 0.3) is 0 Å². The highest BCUT2D eigenvalue weighted by Crippen LogP contribution is 2.22. The molecule has 0 aliphatic heterocycles. The molecule has 1 aromatic rings. The molecular weight excluding hydrogens is 184 g/mol. The lowest BCUT2D eigenvalue weighted by molar-refractivity contribution is -0.384. The molecule has 0 fully saturated rings. The van der Waals surface area contributed by atoms with Crippen LogP contribution in [0.15, 0.2) is 18.2 Å². The Hall–Kier alpha value is -1.62. The van der Waals surface area contributed by atoms with Gasteiger partial charge in [0, 0.05) is 37.5 Å². The number of ether oxygens (including phenoxy) is 1. The van der Waals surface area contributed by atoms with E-state index in [1.54, 1.807) is 20.2 Å². The second kappa shape index (κ2) is 4.57. The molecule has 0 saturated heterocycles. The average molecular weight is 196 g/mol. The molecular formula is C9H12N2O3. The van der Waals surface area contributed by atoms with Crippen LogP contribution in [0.5, 0.6) is 0 Å². The molecule has 0 bridgehead atoms. The molecule has 0 radical (unpaired) electrons. The van der Waals surface area contributed by atoms with E-state index in [-0.39, 0.29) is 5.69 Å². The lowest BCUT2D eigenvalue weighted by Gasteiger charge is -2.07. The number of nitrogens with zero attached hydrogens (tertiary/aromatic N) is 1. The molecule has 0 aromatic heterocycles. The predicted molar refractivity (Wildman–Crippen MR) is 53.4 cm³/mol. The van der Waals surface area contributed by atoms with Gasteiger partial charge in [0.15, 0.2) is 0 Å². The third-order valence-corrected chi connectivity index (χ3v) is 1.87. The predicted octanol–water partition coefficient (Wildman–Crippen LogP) is 1.78. The van der Waals surface area contributed by atoms with Crippen molar-refractivity contribution in [3.63, 3.8) is 0 Å². The van der Waals surface area contributed by atoms with Crippen molar-refractivity contribution >= 4 is 11.4 Å². The van der Waals surface area contributed by atoms with E-state index < -0.39 is 4.92 Å². The van der Waals surface area contributed by atoms with Gasteiger partial charge in [0.1, 0.15) is 0 Å². The van der Waals surface area contributed by atoms with Crippen molar-refractivity contribution < 1.29 is 9.66 Å². The van der Waals surface area contributed by atoms with Crippen molar-refractivity contribution in [1.82, 2.24) is 0 Å². The Kier molecular flexibility index (Phi) is 3.41. The van der Waals surface area contributed by atoms with Gasteiger partial charge in [0.05, 0.1) is 11.5 Å². The fraction of sp³-hybridized carbons (Fsp3) is 0.333. The van der Waals surface area contributed by atoms with Gasteiger partial charge in [0.25, 0.3) is 5.69 Å². The summed E-state index contributed by atoms with van der Waals surface area (Å²) in [5, 5.41) is 13.4. The summed E-state index contributed by atoms with van der Waals surface area (Å²) in [5.74, 6) is 0. The maximum absolute atomic E-state index is 10.5. The molecule has 0 amide bonds. The van der Waals surface area contributed by atoms with E-state index >= 15 is 0 Å². The van der Waals surface area contributed by atoms with Crippen molar-refractivity contribution in [2.75, 3.05) is 19.5 Å². The topological polar surface area (TPSA) is 64.4 Å². The van der Waals surface area contributed by atoms with E-state index in [9.17, 15) is 10.1 Å². The van der Waals surface area contributed by atoms with Crippen LogP contribution >= 0.6 is 0 Å². The lowest BCUT2D eigenvalue weighted by Crippen LogP contribution is -1.98. The largest absolute Gasteiger partial charge is 0.388 e. The molecule has 0 heterocycles. The van der Waals surface area contributed by atoms with Gasteiger partial charge in [-0.05, 0) is 6.07 Å². The SMILES string of the molecule is CNc1ccc([N+](=O)[O-])cc1COC. The van der Waals surface area contributed by atoms with E-state index in [4.69, 9.17) is 4.74 Å². The summed E-state index contributed by atoms with van der Waals surface area (Å²) in [7, 11) is 3.32. The van der Waals surface area contributed by atoms with Gasteiger partial charge in [-0.1, -0.05) is 0 Å². The first-order valence-corrected chi connectivity index (χ1v) is 4.13. The van der Waals surface area contributed by atoms with Crippen LogP contribution in [0.1, 0.15) is 5.56 Å². The number of nitro groups is 1. The number of anilines is 1. The minimum absolute atomic E-state index is 0.0797. The average Bonchev–Trinajstić information content (AvgIpc) is 2.18. The van der Waals surface area contributed by atoms with Crippen molar-refractivity contribution in [2.24, 2.45) is 0 Å². The summed E-state index contributed by atoms with van der Waals surface area (Å²) in [6.45, 7) is 0.359. The molecule has 0 aliphatic rings. The van der Waals surface area contributed by atoms with E-state index in [2.05, 4.69) is 5.32 Å². The molecule has 1 aromatic carbocycles. The Morgan fingerprint density at radius 3 is 2.79 bits per heavy atom. The zero-order valence-corrected chi connectivity index (χ0v) is 8.11. The summed E-state index contributed by atoms with van der Waals surface area (Å²) in [6.07, 6.45) is 0. The Morgan fingerprint density at radius 1 is 1.57 bits per heavy atom. The Bertz CT molecular complexity index is 339. The standard InChI is InChI=1S/C9H12N2O3/c1-10-9-4-3-8(11(12)13)5-7(9)6-14-2/h3-5,10H,6H2,1-2H3. The van der Waals surface area contributed by atoms with Crippen LogP contribution in [0, 0.1) is 10.1 Å². The second-order valence-corrected chi connectivity index (χ2v) is 2.78. The smallest absolute Gasteiger partial charge is 0.269 e. The molecule has 0 atom stereocenters. The van der Waals surface area contributed by atoms with Gasteiger partial charge in [0.2, 0.25) is 0 Å². The summed E-state index contributed by atoms with van der Waals surface area (Å²) >= 11 is 0. The van der Waals surface area contributed by atoms with Gasteiger partial charge >= 0.3 is 0 Å². The number of benzene rings is 1. The summed E-state index contributed by atoms with van der Waals surface area (Å²) < 4.78 is 4.94. The highest BCUT2D eigenvalue weighted by atomic mass is 16.6. The van der Waals surface area contributed by atoms with Gasteiger partial charge in [-0.2, -0.15) is 0 Å². The van der Waals surface area contributed by atoms with E-state index in [0.717, 1.165) is 11.3 Å². The van der Waals surface area contributed by atoms with Crippen molar-refractivity contribution in [1.29, 1.82) is 0 Å². The number of methoxy groups -OCH3 is 1. The van der Waals surface area contributed by atoms with E-state index in [1.165, 1.54) is 12.1 Å². The number of hydrogen-bond acceptors (Lipinski definition) is 4. The van der Waals surface area contributed by atoms with Crippen LogP contribution in [-0.2, 0) is 11.3 Å². The first-order valence-electron chi connectivity index (χ1n) is 4.13. The Morgan fingerprint density at radius 2 is 2.29 bits per heavy atom. The molecule has 1 N–H and O–H groups in total. The normalized spacial score (nSPS) is 9.86. The summed E-state index contributed by atoms with van der Waals surface area (Å²) in [4.78, 5) is 10.1. The molecule has 5 nitrogen and oxygen atoms in total. The molecule has 14 heavy (non-hydrogen) atoms. The third kappa shape index (κ3) is 2.20. The van der Waals surface area contributed by atoms with Crippen molar-refractivity contribution in [3.05, 3.63) is 33.9 Å². The van der Waals surface area contributed by atoms with Gasteiger partial charge < -0.3 is 10.1 Å². The maximum atomic E-state index is 10.5. The maximum Gasteiger partial charge on any atom is 0.269 e. The number of non-ortho nitro benzene ring substituents is 1. The molecule has 76 valence electrons. The van der Waals surface area contributed by atoms with Crippen LogP contribution in [-0.4, -0.2) is 19.1 Å². The van der Waals surface area contributed by atoms with Crippen LogP contribution in [0.4, 0.5) is 11.4 Å².